The largest absolute Gasteiger partial charge is 0.507 e. The number of phenols is 3. The number of nitrogens with zero attached hydrogens (tertiary/aromatic N) is 1. The number of benzene rings is 3. The van der Waals surface area contributed by atoms with Crippen molar-refractivity contribution in [1.29, 1.82) is 0 Å². The average molecular weight is 756 g/mol. The van der Waals surface area contributed by atoms with Crippen molar-refractivity contribution in [2.45, 2.75) is 196 Å². The first-order valence-electron chi connectivity index (χ1n) is 21.1. The first kappa shape index (κ1) is 46.4. The summed E-state index contributed by atoms with van der Waals surface area (Å²) in [5, 5.41) is 34.0. The maximum Gasteiger partial charge on any atom is 0.123 e. The molecule has 55 heavy (non-hydrogen) atoms. The van der Waals surface area contributed by atoms with Crippen LogP contribution in [0.25, 0.3) is 0 Å². The molecule has 3 N–H and O–H groups in total. The lowest BCUT2D eigenvalue weighted by molar-refractivity contribution is 0.264. The van der Waals surface area contributed by atoms with Crippen LogP contribution in [0.3, 0.4) is 0 Å². The van der Waals surface area contributed by atoms with E-state index in [9.17, 15) is 15.3 Å². The van der Waals surface area contributed by atoms with E-state index in [2.05, 4.69) is 166 Å². The second kappa shape index (κ2) is 16.9. The highest BCUT2D eigenvalue weighted by molar-refractivity contribution is 5.52. The normalized spacial score (nSPS) is 13.6. The van der Waals surface area contributed by atoms with Crippen LogP contribution in [0.2, 0.25) is 0 Å². The summed E-state index contributed by atoms with van der Waals surface area (Å²) in [5.74, 6) is 1.34. The monoisotopic (exact) mass is 756 g/mol. The number of hydrogen-bond acceptors (Lipinski definition) is 4. The van der Waals surface area contributed by atoms with Gasteiger partial charge < -0.3 is 20.2 Å². The fourth-order valence-electron chi connectivity index (χ4n) is 7.80. The fraction of sp³-hybridized carbons (Fsp3) is 0.647. The molecule has 0 fully saturated rings. The van der Waals surface area contributed by atoms with Crippen molar-refractivity contribution in [2.24, 2.45) is 0 Å². The van der Waals surface area contributed by atoms with Gasteiger partial charge in [-0.05, 0) is 141 Å². The number of hydrogen-bond donors (Lipinski definition) is 3. The van der Waals surface area contributed by atoms with E-state index < -0.39 is 0 Å². The Morgan fingerprint density at radius 2 is 0.491 bits per heavy atom. The van der Waals surface area contributed by atoms with Gasteiger partial charge in [-0.2, -0.15) is 0 Å². The molecule has 0 radical (unpaired) electrons. The second-order valence-electron chi connectivity index (χ2n) is 22.8. The predicted octanol–water partition coefficient (Wildman–Crippen LogP) is 13.1. The van der Waals surface area contributed by atoms with Crippen molar-refractivity contribution < 1.29 is 15.3 Å². The Morgan fingerprint density at radius 1 is 0.327 bits per heavy atom. The summed E-state index contributed by atoms with van der Waals surface area (Å²) in [5.41, 5.74) is 9.22. The van der Waals surface area contributed by atoms with E-state index in [1.165, 1.54) is 16.7 Å². The van der Waals surface area contributed by atoms with Crippen LogP contribution in [0, 0.1) is 0 Å². The molecule has 0 aliphatic rings. The Kier molecular flexibility index (Phi) is 14.2. The first-order chi connectivity index (χ1) is 24.8. The molecular formula is C51H81NO3. The van der Waals surface area contributed by atoms with Gasteiger partial charge in [-0.1, -0.05) is 161 Å². The zero-order valence-corrected chi connectivity index (χ0v) is 38.6. The lowest BCUT2D eigenvalue weighted by Crippen LogP contribution is -2.28. The standard InChI is InChI=1S/C51H81NO3/c1-46(2,3)37-28-34(29-38(43(37)53)47(4,5)6)22-19-25-52(26-20-23-35-30-39(48(7,8)9)44(54)40(31-35)49(10,11)12)27-21-24-36-32-41(50(13,14)15)45(55)42(33-36)51(16,17)18/h28-33,53-55H,19-27H2,1-18H3. The molecule has 0 saturated carbocycles. The van der Waals surface area contributed by atoms with E-state index in [1.807, 2.05) is 0 Å². The van der Waals surface area contributed by atoms with Crippen LogP contribution in [-0.2, 0) is 51.8 Å². The summed E-state index contributed by atoms with van der Waals surface area (Å²) in [6, 6.07) is 13.4. The molecule has 0 aliphatic carbocycles. The second-order valence-corrected chi connectivity index (χ2v) is 22.8. The van der Waals surface area contributed by atoms with E-state index in [4.69, 9.17) is 0 Å². The van der Waals surface area contributed by atoms with Gasteiger partial charge in [-0.3, -0.25) is 0 Å². The number of aryl methyl sites for hydroxylation is 3. The summed E-state index contributed by atoms with van der Waals surface area (Å²) >= 11 is 0. The van der Waals surface area contributed by atoms with Gasteiger partial charge in [0.25, 0.3) is 0 Å². The summed E-state index contributed by atoms with van der Waals surface area (Å²) in [4.78, 5) is 2.65. The highest BCUT2D eigenvalue weighted by Crippen LogP contribution is 2.42. The molecule has 3 aromatic rings. The van der Waals surface area contributed by atoms with Gasteiger partial charge in [0.2, 0.25) is 0 Å². The minimum atomic E-state index is -0.145. The first-order valence-corrected chi connectivity index (χ1v) is 21.1. The maximum absolute atomic E-state index is 11.3. The zero-order valence-electron chi connectivity index (χ0n) is 38.6. The predicted molar refractivity (Wildman–Crippen MR) is 238 cm³/mol. The smallest absolute Gasteiger partial charge is 0.123 e. The third-order valence-electron chi connectivity index (χ3n) is 11.2. The fourth-order valence-corrected chi connectivity index (χ4v) is 7.80. The van der Waals surface area contributed by atoms with Crippen molar-refractivity contribution in [2.75, 3.05) is 19.6 Å². The van der Waals surface area contributed by atoms with Gasteiger partial charge >= 0.3 is 0 Å². The van der Waals surface area contributed by atoms with Crippen LogP contribution in [0.15, 0.2) is 36.4 Å². The average Bonchev–Trinajstić information content (AvgIpc) is 2.99. The minimum Gasteiger partial charge on any atom is -0.507 e. The van der Waals surface area contributed by atoms with Gasteiger partial charge in [-0.15, -0.1) is 0 Å². The van der Waals surface area contributed by atoms with Gasteiger partial charge in [0.05, 0.1) is 0 Å². The summed E-state index contributed by atoms with van der Waals surface area (Å²) in [6.07, 6.45) is 6.02. The zero-order chi connectivity index (χ0) is 42.1. The quantitative estimate of drug-likeness (QED) is 0.172. The molecule has 0 spiro atoms. The van der Waals surface area contributed by atoms with E-state index in [0.717, 1.165) is 91.5 Å². The lowest BCUT2D eigenvalue weighted by Gasteiger charge is -2.29. The highest BCUT2D eigenvalue weighted by atomic mass is 16.3. The van der Waals surface area contributed by atoms with Crippen molar-refractivity contribution in [1.82, 2.24) is 4.90 Å². The molecule has 0 amide bonds. The molecule has 4 nitrogen and oxygen atoms in total. The third kappa shape index (κ3) is 12.5. The highest BCUT2D eigenvalue weighted by Gasteiger charge is 2.29. The van der Waals surface area contributed by atoms with Crippen LogP contribution in [0.1, 0.15) is 194 Å². The third-order valence-corrected chi connectivity index (χ3v) is 11.2. The summed E-state index contributed by atoms with van der Waals surface area (Å²) in [6.45, 7) is 42.4. The van der Waals surface area contributed by atoms with Crippen LogP contribution < -0.4 is 0 Å². The van der Waals surface area contributed by atoms with Gasteiger partial charge in [0.15, 0.2) is 0 Å². The lowest BCUT2D eigenvalue weighted by atomic mass is 9.78. The molecule has 0 atom stereocenters. The molecule has 0 bridgehead atoms. The van der Waals surface area contributed by atoms with Gasteiger partial charge in [-0.25, -0.2) is 0 Å². The van der Waals surface area contributed by atoms with Crippen molar-refractivity contribution in [3.8, 4) is 17.2 Å². The molecule has 0 aromatic heterocycles. The van der Waals surface area contributed by atoms with Crippen LogP contribution >= 0.6 is 0 Å². The van der Waals surface area contributed by atoms with E-state index in [1.54, 1.807) is 0 Å². The molecule has 0 heterocycles. The number of phenolic OH excluding ortho intramolecular Hbond substituents is 3. The SMILES string of the molecule is CC(C)(C)c1cc(CCCN(CCCc2cc(C(C)(C)C)c(O)c(C(C)(C)C)c2)CCCc2cc(C(C)(C)C)c(O)c(C(C)(C)C)c2)cc(C(C)(C)C)c1O. The van der Waals surface area contributed by atoms with Crippen molar-refractivity contribution >= 4 is 0 Å². The summed E-state index contributed by atoms with van der Waals surface area (Å²) < 4.78 is 0. The van der Waals surface area contributed by atoms with Crippen LogP contribution in [0.4, 0.5) is 0 Å². The van der Waals surface area contributed by atoms with Crippen LogP contribution in [-0.4, -0.2) is 39.9 Å². The minimum absolute atomic E-state index is 0.145. The topological polar surface area (TPSA) is 63.9 Å². The molecule has 4 heteroatoms. The molecule has 3 aromatic carbocycles. The van der Waals surface area contributed by atoms with Crippen molar-refractivity contribution in [3.63, 3.8) is 0 Å². The summed E-state index contributed by atoms with van der Waals surface area (Å²) in [7, 11) is 0. The van der Waals surface area contributed by atoms with Gasteiger partial charge in [0.1, 0.15) is 17.2 Å². The molecule has 0 saturated heterocycles. The maximum atomic E-state index is 11.3. The van der Waals surface area contributed by atoms with E-state index in [0.29, 0.717) is 17.2 Å². The Bertz CT molecular complexity index is 1440. The molecule has 3 rings (SSSR count). The molecule has 0 aliphatic heterocycles. The Balaban J connectivity index is 1.89. The van der Waals surface area contributed by atoms with Crippen LogP contribution in [0.5, 0.6) is 17.2 Å². The number of rotatable bonds is 12. The number of aromatic hydroxyl groups is 3. The Hall–Kier alpha value is -2.98. The van der Waals surface area contributed by atoms with E-state index >= 15 is 0 Å². The Morgan fingerprint density at radius 3 is 0.636 bits per heavy atom. The Labute approximate surface area is 338 Å². The molecule has 308 valence electrons. The molecule has 0 unspecified atom stereocenters. The van der Waals surface area contributed by atoms with E-state index in [-0.39, 0.29) is 32.5 Å². The van der Waals surface area contributed by atoms with Crippen molar-refractivity contribution in [3.05, 3.63) is 86.5 Å². The van der Waals surface area contributed by atoms with Gasteiger partial charge in [0, 0.05) is 0 Å². The molecular weight excluding hydrogens is 675 g/mol.